The van der Waals surface area contributed by atoms with Crippen molar-refractivity contribution in [1.82, 2.24) is 9.13 Å². The lowest BCUT2D eigenvalue weighted by Gasteiger charge is -2.08. The van der Waals surface area contributed by atoms with Crippen LogP contribution in [0, 0.1) is 13.8 Å². The van der Waals surface area contributed by atoms with Gasteiger partial charge in [0.2, 0.25) is 0 Å². The molecule has 0 fully saturated rings. The second-order valence-electron chi connectivity index (χ2n) is 10.3. The fourth-order valence-electron chi connectivity index (χ4n) is 5.30. The quantitative estimate of drug-likeness (QED) is 0.198. The third-order valence-corrected chi connectivity index (χ3v) is 8.17. The number of hydrogen-bond acceptors (Lipinski definition) is 5. The maximum absolute atomic E-state index is 12.8. The summed E-state index contributed by atoms with van der Waals surface area (Å²) in [5.74, 6) is -0.561. The first kappa shape index (κ1) is 31.4. The predicted octanol–water partition coefficient (Wildman–Crippen LogP) is 7.92. The Morgan fingerprint density at radius 2 is 1.44 bits per heavy atom. The minimum absolute atomic E-state index is 0.0356. The standard InChI is InChI=1S/C18H15NO4.C17H13Cl2NO2/c1-11-14(10-17(21)22)15-9-13(20)7-8-16(15)19(11)18(23)12-5-3-2-4-6-12;1-10-7-12-8-13(22-2)4-6-16(12)20(10)17(21)11-3-5-14(18)15(19)9-11/h2-9,20H,10H2,1H3,(H,21,22);3-9H,1-2H3. The van der Waals surface area contributed by atoms with Crippen LogP contribution in [0.3, 0.4) is 0 Å². The largest absolute Gasteiger partial charge is 0.508 e. The van der Waals surface area contributed by atoms with Crippen LogP contribution in [0.2, 0.25) is 10.0 Å². The van der Waals surface area contributed by atoms with Crippen LogP contribution in [0.15, 0.2) is 91.0 Å². The number of methoxy groups -OCH3 is 1. The molecule has 6 aromatic rings. The minimum atomic E-state index is -0.984. The number of fused-ring (bicyclic) bond motifs is 2. The lowest BCUT2D eigenvalue weighted by Crippen LogP contribution is -2.14. The minimum Gasteiger partial charge on any atom is -0.508 e. The summed E-state index contributed by atoms with van der Waals surface area (Å²) >= 11 is 11.9. The van der Waals surface area contributed by atoms with Gasteiger partial charge in [-0.3, -0.25) is 23.5 Å². The van der Waals surface area contributed by atoms with Crippen molar-refractivity contribution in [2.24, 2.45) is 0 Å². The topological polar surface area (TPSA) is 111 Å². The lowest BCUT2D eigenvalue weighted by atomic mass is 10.1. The molecule has 2 heterocycles. The van der Waals surface area contributed by atoms with Gasteiger partial charge in [0.05, 0.1) is 34.6 Å². The molecule has 8 nitrogen and oxygen atoms in total. The summed E-state index contributed by atoms with van der Waals surface area (Å²) in [6.45, 7) is 3.61. The maximum Gasteiger partial charge on any atom is 0.307 e. The first-order valence-corrected chi connectivity index (χ1v) is 14.6. The van der Waals surface area contributed by atoms with Crippen molar-refractivity contribution in [1.29, 1.82) is 0 Å². The highest BCUT2D eigenvalue weighted by atomic mass is 35.5. The van der Waals surface area contributed by atoms with E-state index in [4.69, 9.17) is 33.0 Å². The fraction of sp³-hybridized carbons (Fsp3) is 0.114. The molecule has 0 aliphatic carbocycles. The van der Waals surface area contributed by atoms with Crippen LogP contribution in [0.4, 0.5) is 0 Å². The smallest absolute Gasteiger partial charge is 0.307 e. The van der Waals surface area contributed by atoms with Gasteiger partial charge in [-0.2, -0.15) is 0 Å². The van der Waals surface area contributed by atoms with Crippen molar-refractivity contribution in [3.63, 3.8) is 0 Å². The number of carboxylic acids is 1. The Balaban J connectivity index is 0.000000178. The number of halogens is 2. The number of nitrogens with zero attached hydrogens (tertiary/aromatic N) is 2. The zero-order chi connectivity index (χ0) is 32.4. The molecular formula is C35H28Cl2N2O6. The molecule has 0 spiro atoms. The average molecular weight is 644 g/mol. The van der Waals surface area contributed by atoms with Crippen molar-refractivity contribution in [2.75, 3.05) is 7.11 Å². The van der Waals surface area contributed by atoms with Crippen LogP contribution in [-0.4, -0.2) is 44.2 Å². The van der Waals surface area contributed by atoms with Gasteiger partial charge in [0.15, 0.2) is 0 Å². The molecule has 0 saturated carbocycles. The number of carbonyl (C=O) groups excluding carboxylic acids is 2. The van der Waals surface area contributed by atoms with E-state index in [0.717, 1.165) is 22.3 Å². The van der Waals surface area contributed by atoms with Gasteiger partial charge in [0, 0.05) is 33.3 Å². The molecule has 2 aromatic heterocycles. The van der Waals surface area contributed by atoms with Gasteiger partial charge in [-0.05, 0) is 92.2 Å². The van der Waals surface area contributed by atoms with Gasteiger partial charge in [0.1, 0.15) is 11.5 Å². The summed E-state index contributed by atoms with van der Waals surface area (Å²) in [5, 5.41) is 21.2. The third-order valence-electron chi connectivity index (χ3n) is 7.43. The number of hydrogen-bond donors (Lipinski definition) is 2. The summed E-state index contributed by atoms with van der Waals surface area (Å²) in [5.41, 5.74) is 4.38. The van der Waals surface area contributed by atoms with E-state index in [9.17, 15) is 19.5 Å². The maximum atomic E-state index is 12.8. The highest BCUT2D eigenvalue weighted by molar-refractivity contribution is 6.42. The third kappa shape index (κ3) is 6.29. The van der Waals surface area contributed by atoms with E-state index < -0.39 is 5.97 Å². The lowest BCUT2D eigenvalue weighted by molar-refractivity contribution is -0.136. The van der Waals surface area contributed by atoms with Gasteiger partial charge in [-0.1, -0.05) is 41.4 Å². The van der Waals surface area contributed by atoms with Gasteiger partial charge in [-0.25, -0.2) is 0 Å². The Hall–Kier alpha value is -5.05. The number of benzene rings is 4. The molecule has 4 aromatic carbocycles. The molecule has 0 aliphatic heterocycles. The number of phenols is 1. The Morgan fingerprint density at radius 1 is 0.756 bits per heavy atom. The van der Waals surface area contributed by atoms with Gasteiger partial charge < -0.3 is 14.9 Å². The highest BCUT2D eigenvalue weighted by Crippen LogP contribution is 2.31. The van der Waals surface area contributed by atoms with E-state index in [1.165, 1.54) is 16.7 Å². The first-order chi connectivity index (χ1) is 21.5. The van der Waals surface area contributed by atoms with Gasteiger partial charge in [0.25, 0.3) is 11.8 Å². The molecule has 0 unspecified atom stereocenters. The number of aliphatic carboxylic acids is 1. The molecule has 45 heavy (non-hydrogen) atoms. The van der Waals surface area contributed by atoms with E-state index in [-0.39, 0.29) is 24.0 Å². The number of phenolic OH excluding ortho intramolecular Hbond substituents is 1. The number of aromatic nitrogens is 2. The summed E-state index contributed by atoms with van der Waals surface area (Å²) in [4.78, 5) is 36.8. The Morgan fingerprint density at radius 3 is 2.11 bits per heavy atom. The molecule has 0 atom stereocenters. The van der Waals surface area contributed by atoms with Crippen molar-refractivity contribution >= 4 is 62.8 Å². The highest BCUT2D eigenvalue weighted by Gasteiger charge is 2.21. The molecule has 228 valence electrons. The van der Waals surface area contributed by atoms with E-state index in [1.54, 1.807) is 67.1 Å². The molecule has 0 aliphatic rings. The zero-order valence-corrected chi connectivity index (χ0v) is 26.1. The molecule has 0 bridgehead atoms. The van der Waals surface area contributed by atoms with Crippen LogP contribution in [0.1, 0.15) is 37.7 Å². The monoisotopic (exact) mass is 642 g/mol. The van der Waals surface area contributed by atoms with Crippen molar-refractivity contribution < 1.29 is 29.3 Å². The molecule has 0 radical (unpaired) electrons. The van der Waals surface area contributed by atoms with Gasteiger partial charge in [-0.15, -0.1) is 0 Å². The summed E-state index contributed by atoms with van der Waals surface area (Å²) in [7, 11) is 1.62. The second kappa shape index (κ2) is 12.9. The van der Waals surface area contributed by atoms with Crippen LogP contribution >= 0.6 is 23.2 Å². The van der Waals surface area contributed by atoms with Crippen molar-refractivity contribution in [3.8, 4) is 11.5 Å². The predicted molar refractivity (Wildman–Crippen MR) is 175 cm³/mol. The number of rotatable bonds is 5. The zero-order valence-electron chi connectivity index (χ0n) is 24.5. The van der Waals surface area contributed by atoms with E-state index in [1.807, 2.05) is 37.3 Å². The number of carboxylic acid groups (broad SMARTS) is 1. The second-order valence-corrected chi connectivity index (χ2v) is 11.1. The molecule has 2 N–H and O–H groups in total. The normalized spacial score (nSPS) is 10.9. The van der Waals surface area contributed by atoms with E-state index >= 15 is 0 Å². The number of aryl methyl sites for hydroxylation is 1. The van der Waals surface area contributed by atoms with Crippen LogP contribution in [0.25, 0.3) is 21.8 Å². The molecule has 10 heteroatoms. The van der Waals surface area contributed by atoms with Crippen molar-refractivity contribution in [3.05, 3.63) is 129 Å². The Labute approximate surface area is 268 Å². The Kier molecular flexibility index (Phi) is 8.99. The number of carbonyl (C=O) groups is 3. The van der Waals surface area contributed by atoms with Crippen LogP contribution in [0.5, 0.6) is 11.5 Å². The van der Waals surface area contributed by atoms with Crippen LogP contribution < -0.4 is 4.74 Å². The summed E-state index contributed by atoms with van der Waals surface area (Å²) < 4.78 is 8.38. The van der Waals surface area contributed by atoms with Crippen molar-refractivity contribution in [2.45, 2.75) is 20.3 Å². The van der Waals surface area contributed by atoms with Crippen LogP contribution in [-0.2, 0) is 11.2 Å². The fourth-order valence-corrected chi connectivity index (χ4v) is 5.60. The molecule has 0 amide bonds. The van der Waals surface area contributed by atoms with Gasteiger partial charge >= 0.3 is 5.97 Å². The average Bonchev–Trinajstić information content (AvgIpc) is 3.49. The molecular weight excluding hydrogens is 615 g/mol. The van der Waals surface area contributed by atoms with E-state index in [0.29, 0.717) is 43.3 Å². The summed E-state index contributed by atoms with van der Waals surface area (Å²) in [6, 6.07) is 25.9. The number of ether oxygens (including phenoxy) is 1. The first-order valence-electron chi connectivity index (χ1n) is 13.8. The molecule has 6 rings (SSSR count). The summed E-state index contributed by atoms with van der Waals surface area (Å²) in [6.07, 6.45) is -0.207. The molecule has 0 saturated heterocycles. The SMILES string of the molecule is COc1ccc2c(c1)cc(C)n2C(=O)c1ccc(Cl)c(Cl)c1.Cc1c(CC(=O)O)c2cc(O)ccc2n1C(=O)c1ccccc1. The Bertz CT molecular complexity index is 2100. The van der Waals surface area contributed by atoms with E-state index in [2.05, 4.69) is 0 Å². The number of aromatic hydroxyl groups is 1.